The highest BCUT2D eigenvalue weighted by atomic mass is 19.1. The molecule has 0 aromatic heterocycles. The van der Waals surface area contributed by atoms with Crippen LogP contribution in [0, 0.1) is 19.7 Å². The molecule has 0 spiro atoms. The number of halogens is 1. The van der Waals surface area contributed by atoms with Gasteiger partial charge in [0.2, 0.25) is 0 Å². The summed E-state index contributed by atoms with van der Waals surface area (Å²) in [6.07, 6.45) is 0. The van der Waals surface area contributed by atoms with Gasteiger partial charge in [0, 0.05) is 0 Å². The first kappa shape index (κ1) is 14.5. The minimum Gasteiger partial charge on any atom is -0.492 e. The largest absolute Gasteiger partial charge is 0.492 e. The summed E-state index contributed by atoms with van der Waals surface area (Å²) in [6, 6.07) is 12.6. The molecule has 0 heterocycles. The zero-order valence-corrected chi connectivity index (χ0v) is 12.1. The molecule has 0 aliphatic heterocycles. The van der Waals surface area contributed by atoms with Crippen LogP contribution in [0.4, 0.5) is 4.39 Å². The SMILES string of the molecule is CNC(COc1ccc(F)cc1)c1ccc(C)c(C)c1. The van der Waals surface area contributed by atoms with Crippen molar-refractivity contribution in [2.45, 2.75) is 19.9 Å². The van der Waals surface area contributed by atoms with E-state index < -0.39 is 0 Å². The molecule has 20 heavy (non-hydrogen) atoms. The maximum Gasteiger partial charge on any atom is 0.123 e. The summed E-state index contributed by atoms with van der Waals surface area (Å²) in [5.41, 5.74) is 3.74. The molecule has 1 unspecified atom stereocenters. The van der Waals surface area contributed by atoms with E-state index in [0.717, 1.165) is 0 Å². The Morgan fingerprint density at radius 1 is 1.05 bits per heavy atom. The molecule has 0 amide bonds. The smallest absolute Gasteiger partial charge is 0.123 e. The Hall–Kier alpha value is -1.87. The van der Waals surface area contributed by atoms with Crippen LogP contribution in [0.1, 0.15) is 22.7 Å². The average Bonchev–Trinajstić information content (AvgIpc) is 2.45. The molecule has 1 atom stereocenters. The first-order valence-corrected chi connectivity index (χ1v) is 6.73. The highest BCUT2D eigenvalue weighted by molar-refractivity contribution is 5.32. The van der Waals surface area contributed by atoms with Crippen LogP contribution in [0.15, 0.2) is 42.5 Å². The third-order valence-electron chi connectivity index (χ3n) is 3.51. The van der Waals surface area contributed by atoms with Crippen molar-refractivity contribution < 1.29 is 9.13 Å². The predicted molar refractivity (Wildman–Crippen MR) is 79.6 cm³/mol. The van der Waals surface area contributed by atoms with Gasteiger partial charge in [-0.15, -0.1) is 0 Å². The monoisotopic (exact) mass is 273 g/mol. The van der Waals surface area contributed by atoms with E-state index >= 15 is 0 Å². The van der Waals surface area contributed by atoms with E-state index in [2.05, 4.69) is 37.4 Å². The lowest BCUT2D eigenvalue weighted by atomic mass is 10.0. The molecular weight excluding hydrogens is 253 g/mol. The minimum absolute atomic E-state index is 0.111. The van der Waals surface area contributed by atoms with Crippen molar-refractivity contribution >= 4 is 0 Å². The zero-order chi connectivity index (χ0) is 14.5. The van der Waals surface area contributed by atoms with E-state index in [1.165, 1.54) is 28.8 Å². The van der Waals surface area contributed by atoms with Gasteiger partial charge in [-0.1, -0.05) is 18.2 Å². The number of hydrogen-bond donors (Lipinski definition) is 1. The number of benzene rings is 2. The molecule has 2 rings (SSSR count). The van der Waals surface area contributed by atoms with Crippen molar-refractivity contribution in [1.82, 2.24) is 5.32 Å². The van der Waals surface area contributed by atoms with Crippen LogP contribution in [-0.2, 0) is 0 Å². The third kappa shape index (κ3) is 3.58. The number of nitrogens with one attached hydrogen (secondary N) is 1. The number of hydrogen-bond acceptors (Lipinski definition) is 2. The third-order valence-corrected chi connectivity index (χ3v) is 3.51. The van der Waals surface area contributed by atoms with Crippen molar-refractivity contribution in [2.75, 3.05) is 13.7 Å². The van der Waals surface area contributed by atoms with E-state index in [1.807, 2.05) is 7.05 Å². The van der Waals surface area contributed by atoms with Crippen LogP contribution < -0.4 is 10.1 Å². The standard InChI is InChI=1S/C17H20FNO/c1-12-4-5-14(10-13(12)2)17(19-3)11-20-16-8-6-15(18)7-9-16/h4-10,17,19H,11H2,1-3H3. The molecule has 0 aliphatic rings. The number of ether oxygens (including phenoxy) is 1. The Morgan fingerprint density at radius 2 is 1.75 bits per heavy atom. The quantitative estimate of drug-likeness (QED) is 0.895. The van der Waals surface area contributed by atoms with Crippen molar-refractivity contribution in [1.29, 1.82) is 0 Å². The Balaban J connectivity index is 2.05. The fourth-order valence-electron chi connectivity index (χ4n) is 2.04. The van der Waals surface area contributed by atoms with Crippen LogP contribution in [0.2, 0.25) is 0 Å². The van der Waals surface area contributed by atoms with Crippen LogP contribution in [0.3, 0.4) is 0 Å². The average molecular weight is 273 g/mol. The second-order valence-electron chi connectivity index (χ2n) is 4.95. The van der Waals surface area contributed by atoms with E-state index in [0.29, 0.717) is 12.4 Å². The summed E-state index contributed by atoms with van der Waals surface area (Å²) in [7, 11) is 1.91. The van der Waals surface area contributed by atoms with Gasteiger partial charge in [-0.2, -0.15) is 0 Å². The predicted octanol–water partition coefficient (Wildman–Crippen LogP) is 3.78. The van der Waals surface area contributed by atoms with Gasteiger partial charge in [-0.3, -0.25) is 0 Å². The molecule has 0 radical (unpaired) electrons. The maximum absolute atomic E-state index is 12.8. The lowest BCUT2D eigenvalue weighted by Crippen LogP contribution is -2.23. The Bertz CT molecular complexity index is 566. The van der Waals surface area contributed by atoms with Gasteiger partial charge < -0.3 is 10.1 Å². The van der Waals surface area contributed by atoms with Crippen molar-refractivity contribution in [3.63, 3.8) is 0 Å². The van der Waals surface area contributed by atoms with Gasteiger partial charge in [-0.05, 0) is 61.9 Å². The lowest BCUT2D eigenvalue weighted by Gasteiger charge is -2.18. The molecule has 3 heteroatoms. The van der Waals surface area contributed by atoms with Crippen LogP contribution >= 0.6 is 0 Å². The van der Waals surface area contributed by atoms with Crippen LogP contribution in [0.25, 0.3) is 0 Å². The molecule has 2 nitrogen and oxygen atoms in total. The highest BCUT2D eigenvalue weighted by Gasteiger charge is 2.11. The van der Waals surface area contributed by atoms with E-state index in [9.17, 15) is 4.39 Å². The van der Waals surface area contributed by atoms with Crippen molar-refractivity contribution in [3.05, 3.63) is 65.0 Å². The zero-order valence-electron chi connectivity index (χ0n) is 12.1. The van der Waals surface area contributed by atoms with Crippen LogP contribution in [0.5, 0.6) is 5.75 Å². The molecule has 0 saturated carbocycles. The Kier molecular flexibility index (Phi) is 4.74. The Morgan fingerprint density at radius 3 is 2.35 bits per heavy atom. The summed E-state index contributed by atoms with van der Waals surface area (Å²) in [5, 5.41) is 3.25. The second kappa shape index (κ2) is 6.53. The molecule has 2 aromatic carbocycles. The van der Waals surface area contributed by atoms with Gasteiger partial charge in [0.1, 0.15) is 18.2 Å². The number of likely N-dealkylation sites (N-methyl/N-ethyl adjacent to an activating group) is 1. The first-order valence-electron chi connectivity index (χ1n) is 6.73. The fraction of sp³-hybridized carbons (Fsp3) is 0.294. The summed E-state index contributed by atoms with van der Waals surface area (Å²) in [5.74, 6) is 0.423. The Labute approximate surface area is 119 Å². The molecule has 2 aromatic rings. The molecule has 0 bridgehead atoms. The summed E-state index contributed by atoms with van der Waals surface area (Å²) in [4.78, 5) is 0. The molecule has 0 aliphatic carbocycles. The fourth-order valence-corrected chi connectivity index (χ4v) is 2.04. The van der Waals surface area contributed by atoms with E-state index in [1.54, 1.807) is 12.1 Å². The summed E-state index contributed by atoms with van der Waals surface area (Å²) >= 11 is 0. The minimum atomic E-state index is -0.253. The normalized spacial score (nSPS) is 12.2. The molecular formula is C17H20FNO. The second-order valence-corrected chi connectivity index (χ2v) is 4.95. The van der Waals surface area contributed by atoms with Gasteiger partial charge in [0.05, 0.1) is 6.04 Å². The maximum atomic E-state index is 12.8. The van der Waals surface area contributed by atoms with E-state index in [4.69, 9.17) is 4.74 Å². The lowest BCUT2D eigenvalue weighted by molar-refractivity contribution is 0.272. The molecule has 106 valence electrons. The van der Waals surface area contributed by atoms with Crippen molar-refractivity contribution in [3.8, 4) is 5.75 Å². The summed E-state index contributed by atoms with van der Waals surface area (Å²) < 4.78 is 18.5. The topological polar surface area (TPSA) is 21.3 Å². The molecule has 0 fully saturated rings. The molecule has 1 N–H and O–H groups in total. The number of rotatable bonds is 5. The van der Waals surface area contributed by atoms with Crippen LogP contribution in [-0.4, -0.2) is 13.7 Å². The summed E-state index contributed by atoms with van der Waals surface area (Å²) in [6.45, 7) is 4.71. The van der Waals surface area contributed by atoms with Gasteiger partial charge in [0.15, 0.2) is 0 Å². The van der Waals surface area contributed by atoms with Crippen molar-refractivity contribution in [2.24, 2.45) is 0 Å². The highest BCUT2D eigenvalue weighted by Crippen LogP contribution is 2.19. The first-order chi connectivity index (χ1) is 9.60. The van der Waals surface area contributed by atoms with Gasteiger partial charge in [-0.25, -0.2) is 4.39 Å². The van der Waals surface area contributed by atoms with E-state index in [-0.39, 0.29) is 11.9 Å². The van der Waals surface area contributed by atoms with Gasteiger partial charge in [0.25, 0.3) is 0 Å². The van der Waals surface area contributed by atoms with Gasteiger partial charge >= 0.3 is 0 Å². The number of aryl methyl sites for hydroxylation is 2. The molecule has 0 saturated heterocycles.